The molecule has 0 spiro atoms. The van der Waals surface area contributed by atoms with Crippen molar-refractivity contribution in [2.45, 2.75) is 13.0 Å². The minimum absolute atomic E-state index is 0.0179. The molecular weight excluding hydrogens is 248 g/mol. The summed E-state index contributed by atoms with van der Waals surface area (Å²) in [4.78, 5) is 16.8. The van der Waals surface area contributed by atoms with Gasteiger partial charge in [-0.1, -0.05) is 6.07 Å². The minimum Gasteiger partial charge on any atom is -0.423 e. The summed E-state index contributed by atoms with van der Waals surface area (Å²) in [6.45, 7) is 4.49. The highest BCUT2D eigenvalue weighted by atomic mass is 16.6. The van der Waals surface area contributed by atoms with Gasteiger partial charge in [-0.05, 0) is 13.0 Å². The second-order valence-corrected chi connectivity index (χ2v) is 4.68. The standard InChI is InChI=1S/C12H14N4O3/c1-8-7-15(6-5-13-8)12-14-11-9(16(17)18)3-2-4-10(11)19-12/h2-4,8,13H,5-7H2,1H3/t8-/m0/s1. The molecule has 2 heterocycles. The molecule has 2 aromatic rings. The lowest BCUT2D eigenvalue weighted by Crippen LogP contribution is -2.49. The van der Waals surface area contributed by atoms with Gasteiger partial charge in [0.1, 0.15) is 0 Å². The second-order valence-electron chi connectivity index (χ2n) is 4.68. The molecule has 0 bridgehead atoms. The van der Waals surface area contributed by atoms with Crippen molar-refractivity contribution in [3.63, 3.8) is 0 Å². The summed E-state index contributed by atoms with van der Waals surface area (Å²) in [5.74, 6) is 0. The number of hydrogen-bond donors (Lipinski definition) is 1. The Labute approximate surface area is 109 Å². The number of oxazole rings is 1. The summed E-state index contributed by atoms with van der Waals surface area (Å²) >= 11 is 0. The number of benzene rings is 1. The predicted octanol–water partition coefficient (Wildman–Crippen LogP) is 1.53. The van der Waals surface area contributed by atoms with E-state index >= 15 is 0 Å². The molecule has 1 saturated heterocycles. The minimum atomic E-state index is -0.435. The fourth-order valence-corrected chi connectivity index (χ4v) is 2.31. The summed E-state index contributed by atoms with van der Waals surface area (Å²) in [5.41, 5.74) is 0.750. The smallest absolute Gasteiger partial charge is 0.298 e. The van der Waals surface area contributed by atoms with Crippen molar-refractivity contribution in [2.24, 2.45) is 0 Å². The van der Waals surface area contributed by atoms with Crippen molar-refractivity contribution >= 4 is 22.8 Å². The van der Waals surface area contributed by atoms with Crippen LogP contribution in [0.2, 0.25) is 0 Å². The summed E-state index contributed by atoms with van der Waals surface area (Å²) < 4.78 is 5.63. The van der Waals surface area contributed by atoms with Gasteiger partial charge >= 0.3 is 0 Å². The number of para-hydroxylation sites is 1. The SMILES string of the molecule is C[C@H]1CN(c2nc3c([N+](=O)[O-])cccc3o2)CCN1. The Bertz CT molecular complexity index is 624. The first kappa shape index (κ1) is 11.9. The number of piperazine rings is 1. The Balaban J connectivity index is 2.01. The Kier molecular flexibility index (Phi) is 2.83. The lowest BCUT2D eigenvalue weighted by atomic mass is 10.2. The van der Waals surface area contributed by atoms with Crippen molar-refractivity contribution in [1.29, 1.82) is 0 Å². The molecule has 0 amide bonds. The van der Waals surface area contributed by atoms with Gasteiger partial charge in [0, 0.05) is 31.7 Å². The maximum absolute atomic E-state index is 11.0. The maximum Gasteiger partial charge on any atom is 0.298 e. The van der Waals surface area contributed by atoms with Crippen LogP contribution < -0.4 is 10.2 Å². The highest BCUT2D eigenvalue weighted by Crippen LogP contribution is 2.29. The largest absolute Gasteiger partial charge is 0.423 e. The van der Waals surface area contributed by atoms with E-state index in [2.05, 4.69) is 17.2 Å². The fourth-order valence-electron chi connectivity index (χ4n) is 2.31. The van der Waals surface area contributed by atoms with Crippen LogP contribution in [0, 0.1) is 10.1 Å². The summed E-state index contributed by atoms with van der Waals surface area (Å²) in [7, 11) is 0. The van der Waals surface area contributed by atoms with E-state index in [1.807, 2.05) is 4.90 Å². The summed E-state index contributed by atoms with van der Waals surface area (Å²) in [6.07, 6.45) is 0. The predicted molar refractivity (Wildman–Crippen MR) is 70.3 cm³/mol. The number of nitrogens with zero attached hydrogens (tertiary/aromatic N) is 3. The molecule has 1 aliphatic heterocycles. The molecule has 1 aliphatic rings. The molecule has 0 saturated carbocycles. The molecule has 1 aromatic heterocycles. The first-order valence-electron chi connectivity index (χ1n) is 6.17. The molecule has 100 valence electrons. The quantitative estimate of drug-likeness (QED) is 0.652. The Morgan fingerprint density at radius 1 is 1.58 bits per heavy atom. The van der Waals surface area contributed by atoms with Gasteiger partial charge in [-0.25, -0.2) is 0 Å². The van der Waals surface area contributed by atoms with Crippen molar-refractivity contribution in [2.75, 3.05) is 24.5 Å². The molecule has 1 fully saturated rings. The second kappa shape index (κ2) is 4.51. The fraction of sp³-hybridized carbons (Fsp3) is 0.417. The lowest BCUT2D eigenvalue weighted by Gasteiger charge is -2.30. The van der Waals surface area contributed by atoms with Gasteiger partial charge in [0.2, 0.25) is 0 Å². The third kappa shape index (κ3) is 2.12. The Morgan fingerprint density at radius 2 is 2.42 bits per heavy atom. The number of nitrogens with one attached hydrogen (secondary N) is 1. The van der Waals surface area contributed by atoms with E-state index in [-0.39, 0.29) is 5.69 Å². The topological polar surface area (TPSA) is 84.4 Å². The monoisotopic (exact) mass is 262 g/mol. The van der Waals surface area contributed by atoms with E-state index in [0.29, 0.717) is 23.2 Å². The third-order valence-electron chi connectivity index (χ3n) is 3.22. The normalized spacial score (nSPS) is 19.8. The molecule has 1 atom stereocenters. The highest BCUT2D eigenvalue weighted by Gasteiger charge is 2.23. The van der Waals surface area contributed by atoms with Crippen LogP contribution in [0.15, 0.2) is 22.6 Å². The van der Waals surface area contributed by atoms with Crippen LogP contribution in [-0.4, -0.2) is 35.6 Å². The molecular formula is C12H14N4O3. The van der Waals surface area contributed by atoms with Crippen molar-refractivity contribution in [1.82, 2.24) is 10.3 Å². The number of aromatic nitrogens is 1. The van der Waals surface area contributed by atoms with Gasteiger partial charge in [-0.15, -0.1) is 0 Å². The van der Waals surface area contributed by atoms with E-state index in [9.17, 15) is 10.1 Å². The van der Waals surface area contributed by atoms with Crippen molar-refractivity contribution < 1.29 is 9.34 Å². The van der Waals surface area contributed by atoms with Gasteiger partial charge in [0.15, 0.2) is 11.1 Å². The van der Waals surface area contributed by atoms with E-state index in [1.54, 1.807) is 12.1 Å². The molecule has 7 nitrogen and oxygen atoms in total. The third-order valence-corrected chi connectivity index (χ3v) is 3.22. The van der Waals surface area contributed by atoms with Crippen LogP contribution in [-0.2, 0) is 0 Å². The van der Waals surface area contributed by atoms with Crippen LogP contribution in [0.4, 0.5) is 11.7 Å². The summed E-state index contributed by atoms with van der Waals surface area (Å²) in [5, 5.41) is 14.3. The Hall–Kier alpha value is -2.15. The van der Waals surface area contributed by atoms with Gasteiger partial charge in [0.25, 0.3) is 11.7 Å². The van der Waals surface area contributed by atoms with E-state index in [1.165, 1.54) is 6.07 Å². The maximum atomic E-state index is 11.0. The first-order valence-corrected chi connectivity index (χ1v) is 6.17. The van der Waals surface area contributed by atoms with Crippen LogP contribution in [0.3, 0.4) is 0 Å². The molecule has 1 N–H and O–H groups in total. The summed E-state index contributed by atoms with van der Waals surface area (Å²) in [6, 6.07) is 5.55. The number of anilines is 1. The Morgan fingerprint density at radius 3 is 3.16 bits per heavy atom. The number of nitro benzene ring substituents is 1. The zero-order valence-electron chi connectivity index (χ0n) is 10.5. The van der Waals surface area contributed by atoms with Crippen molar-refractivity contribution in [3.05, 3.63) is 28.3 Å². The molecule has 0 radical (unpaired) electrons. The number of non-ortho nitro benzene ring substituents is 1. The van der Waals surface area contributed by atoms with E-state index in [0.717, 1.165) is 19.6 Å². The average molecular weight is 262 g/mol. The zero-order chi connectivity index (χ0) is 13.4. The molecule has 19 heavy (non-hydrogen) atoms. The molecule has 3 rings (SSSR count). The van der Waals surface area contributed by atoms with Gasteiger partial charge < -0.3 is 14.6 Å². The van der Waals surface area contributed by atoms with Crippen LogP contribution in [0.1, 0.15) is 6.92 Å². The number of fused-ring (bicyclic) bond motifs is 1. The molecule has 0 unspecified atom stereocenters. The van der Waals surface area contributed by atoms with Crippen LogP contribution in [0.25, 0.3) is 11.1 Å². The van der Waals surface area contributed by atoms with Gasteiger partial charge in [0.05, 0.1) is 4.92 Å². The average Bonchev–Trinajstić information content (AvgIpc) is 2.82. The van der Waals surface area contributed by atoms with Crippen LogP contribution in [0.5, 0.6) is 0 Å². The van der Waals surface area contributed by atoms with Gasteiger partial charge in [-0.2, -0.15) is 4.98 Å². The molecule has 7 heteroatoms. The highest BCUT2D eigenvalue weighted by molar-refractivity contribution is 5.84. The van der Waals surface area contributed by atoms with Gasteiger partial charge in [-0.3, -0.25) is 10.1 Å². The number of hydrogen-bond acceptors (Lipinski definition) is 6. The number of rotatable bonds is 2. The van der Waals surface area contributed by atoms with E-state index in [4.69, 9.17) is 4.42 Å². The van der Waals surface area contributed by atoms with E-state index < -0.39 is 4.92 Å². The number of nitro groups is 1. The molecule has 0 aliphatic carbocycles. The first-order chi connectivity index (χ1) is 9.15. The van der Waals surface area contributed by atoms with Crippen LogP contribution >= 0.6 is 0 Å². The zero-order valence-corrected chi connectivity index (χ0v) is 10.5. The lowest BCUT2D eigenvalue weighted by molar-refractivity contribution is -0.383. The molecule has 1 aromatic carbocycles. The van der Waals surface area contributed by atoms with Crippen molar-refractivity contribution in [3.8, 4) is 0 Å².